The normalized spacial score (nSPS) is 10.7. The Bertz CT molecular complexity index is 2920. The Labute approximate surface area is 341 Å². The van der Waals surface area contributed by atoms with Crippen LogP contribution in [0.2, 0.25) is 0 Å². The Hall–Kier alpha value is -6.58. The molecule has 0 spiro atoms. The summed E-state index contributed by atoms with van der Waals surface area (Å²) in [4.78, 5) is 0. The number of nitrogens with zero attached hydrogens (tertiary/aromatic N) is 2. The summed E-state index contributed by atoms with van der Waals surface area (Å²) in [5, 5.41) is 23.5. The van der Waals surface area contributed by atoms with Gasteiger partial charge in [-0.1, -0.05) is 129 Å². The van der Waals surface area contributed by atoms with Gasteiger partial charge in [-0.25, -0.2) is 0 Å². The van der Waals surface area contributed by atoms with Crippen molar-refractivity contribution in [3.63, 3.8) is 0 Å². The third kappa shape index (κ3) is 7.79. The molecule has 10 aromatic rings. The number of hydrogen-bond donors (Lipinski definition) is 4. The molecule has 0 aliphatic rings. The third-order valence-electron chi connectivity index (χ3n) is 9.87. The fraction of sp³-hybridized carbons (Fsp3) is 0.0204. The number of benzene rings is 8. The van der Waals surface area contributed by atoms with Crippen LogP contribution in [0.5, 0.6) is 0 Å². The van der Waals surface area contributed by atoms with E-state index < -0.39 is 7.12 Å². The van der Waals surface area contributed by atoms with E-state index in [1.54, 1.807) is 6.07 Å². The summed E-state index contributed by atoms with van der Waals surface area (Å²) >= 11 is 3.27. The van der Waals surface area contributed by atoms with Gasteiger partial charge in [0.25, 0.3) is 0 Å². The number of aromatic nitrogens is 2. The van der Waals surface area contributed by atoms with E-state index in [2.05, 4.69) is 122 Å². The molecule has 2 heterocycles. The van der Waals surface area contributed by atoms with Crippen molar-refractivity contribution < 1.29 is 10.0 Å². The van der Waals surface area contributed by atoms with Crippen molar-refractivity contribution in [2.75, 3.05) is 11.5 Å². The minimum atomic E-state index is -1.46. The number of anilines is 2. The van der Waals surface area contributed by atoms with Crippen molar-refractivity contribution in [2.24, 2.45) is 0 Å². The summed E-state index contributed by atoms with van der Waals surface area (Å²) < 4.78 is 5.47. The largest absolute Gasteiger partial charge is 0.488 e. The predicted molar refractivity (Wildman–Crippen MR) is 247 cm³/mol. The van der Waals surface area contributed by atoms with Crippen molar-refractivity contribution in [3.05, 3.63) is 199 Å². The second-order valence-electron chi connectivity index (χ2n) is 13.4. The van der Waals surface area contributed by atoms with Crippen LogP contribution in [0.15, 0.2) is 199 Å². The topological polar surface area (TPSA) is 102 Å². The first-order chi connectivity index (χ1) is 27.4. The summed E-state index contributed by atoms with van der Waals surface area (Å²) in [6.45, 7) is 0. The van der Waals surface area contributed by atoms with Crippen LogP contribution in [-0.2, 0) is 0 Å². The monoisotopic (exact) mass is 808 g/mol. The van der Waals surface area contributed by atoms with Crippen LogP contribution in [0, 0.1) is 0 Å². The second kappa shape index (κ2) is 17.1. The molecule has 6 N–H and O–H groups in total. The van der Waals surface area contributed by atoms with E-state index in [1.807, 2.05) is 91.0 Å². The molecule has 0 amide bonds. The van der Waals surface area contributed by atoms with Gasteiger partial charge in [0.1, 0.15) is 0 Å². The van der Waals surface area contributed by atoms with Crippen LogP contribution in [0.25, 0.3) is 66.1 Å². The van der Waals surface area contributed by atoms with E-state index in [1.165, 1.54) is 27.5 Å². The van der Waals surface area contributed by atoms with Crippen LogP contribution >= 0.6 is 15.9 Å². The lowest BCUT2D eigenvalue weighted by Gasteiger charge is -2.09. The van der Waals surface area contributed by atoms with E-state index >= 15 is 0 Å². The van der Waals surface area contributed by atoms with Gasteiger partial charge in [-0.15, -0.1) is 0 Å². The van der Waals surface area contributed by atoms with Crippen LogP contribution < -0.4 is 16.9 Å². The number of nitrogen functional groups attached to an aromatic ring is 2. The second-order valence-corrected chi connectivity index (χ2v) is 14.2. The maximum atomic E-state index is 9.43. The molecule has 6 nitrogen and oxygen atoms in total. The van der Waals surface area contributed by atoms with Gasteiger partial charge in [-0.3, -0.25) is 0 Å². The van der Waals surface area contributed by atoms with Crippen molar-refractivity contribution in [1.82, 2.24) is 9.13 Å². The van der Waals surface area contributed by atoms with Gasteiger partial charge < -0.3 is 30.6 Å². The molecule has 57 heavy (non-hydrogen) atoms. The minimum Gasteiger partial charge on any atom is -0.423 e. The number of para-hydroxylation sites is 6. The van der Waals surface area contributed by atoms with Gasteiger partial charge in [-0.2, -0.15) is 0 Å². The highest BCUT2D eigenvalue weighted by Gasteiger charge is 2.17. The summed E-state index contributed by atoms with van der Waals surface area (Å²) in [6.07, 6.45) is 0. The molecular formula is C49H42BBrN4O2. The lowest BCUT2D eigenvalue weighted by molar-refractivity contribution is 0.426. The van der Waals surface area contributed by atoms with Gasteiger partial charge >= 0.3 is 7.12 Å². The Morgan fingerprint density at radius 2 is 0.860 bits per heavy atom. The first-order valence-electron chi connectivity index (χ1n) is 18.3. The zero-order chi connectivity index (χ0) is 38.6. The number of halogens is 1. The van der Waals surface area contributed by atoms with Gasteiger partial charge in [0.05, 0.1) is 22.1 Å². The maximum Gasteiger partial charge on any atom is 0.488 e. The highest BCUT2D eigenvalue weighted by molar-refractivity contribution is 9.10. The Kier molecular flexibility index (Phi) is 11.6. The molecule has 0 saturated carbocycles. The van der Waals surface area contributed by atoms with Crippen LogP contribution in [0.3, 0.4) is 0 Å². The smallest absolute Gasteiger partial charge is 0.423 e. The number of nitrogens with two attached hydrogens (primary N) is 2. The Morgan fingerprint density at radius 3 is 1.37 bits per heavy atom. The molecule has 0 radical (unpaired) electrons. The summed E-state index contributed by atoms with van der Waals surface area (Å²) in [5.41, 5.74) is 22.8. The molecule has 0 bridgehead atoms. The molecule has 8 heteroatoms. The molecular weight excluding hydrogens is 767 g/mol. The quantitative estimate of drug-likeness (QED) is 0.105. The van der Waals surface area contributed by atoms with Gasteiger partial charge in [0.2, 0.25) is 0 Å². The fourth-order valence-electron chi connectivity index (χ4n) is 7.24. The van der Waals surface area contributed by atoms with E-state index in [-0.39, 0.29) is 7.43 Å². The number of fused-ring (bicyclic) bond motifs is 6. The Morgan fingerprint density at radius 1 is 0.421 bits per heavy atom. The maximum absolute atomic E-state index is 9.43. The third-order valence-corrected chi connectivity index (χ3v) is 10.6. The van der Waals surface area contributed by atoms with Crippen molar-refractivity contribution in [2.45, 2.75) is 7.43 Å². The predicted octanol–water partition coefficient (Wildman–Crippen LogP) is 11.2. The zero-order valence-corrected chi connectivity index (χ0v) is 32.0. The van der Waals surface area contributed by atoms with E-state index in [0.29, 0.717) is 5.46 Å². The summed E-state index contributed by atoms with van der Waals surface area (Å²) in [5.74, 6) is 0. The van der Waals surface area contributed by atoms with Crippen LogP contribution in [-0.4, -0.2) is 26.3 Å². The van der Waals surface area contributed by atoms with E-state index in [9.17, 15) is 10.0 Å². The molecule has 0 unspecified atom stereocenters. The van der Waals surface area contributed by atoms with E-state index in [4.69, 9.17) is 11.5 Å². The minimum absolute atomic E-state index is 0. The molecule has 0 aliphatic carbocycles. The number of rotatable bonds is 4. The van der Waals surface area contributed by atoms with Gasteiger partial charge in [-0.05, 0) is 99.8 Å². The zero-order valence-electron chi connectivity index (χ0n) is 30.4. The summed E-state index contributed by atoms with van der Waals surface area (Å²) in [7, 11) is -1.46. The highest BCUT2D eigenvalue weighted by Crippen LogP contribution is 2.36. The van der Waals surface area contributed by atoms with Crippen LogP contribution in [0.4, 0.5) is 11.4 Å². The number of hydrogen-bond acceptors (Lipinski definition) is 4. The first kappa shape index (κ1) is 38.7. The standard InChI is InChI=1S/C24H18N2.C18H14BNO2.C6H6BrN.CH4/c25-22-12-6-4-10-19(22)17-14-15-24-21(16-17)20-11-5-7-13-23(20)26(24)18-8-2-1-3-9-18;21-19(22)13-10-11-18-16(12-13)15-8-4-5-9-17(15)20(18)14-6-2-1-3-7-14;7-5-3-1-2-4-6(5)8;/h1-16H,25H2;1-12,21-22H;1-4H,8H2;1H4. The molecule has 0 aliphatic heterocycles. The molecule has 2 aromatic heterocycles. The lowest BCUT2D eigenvalue weighted by atomic mass is 9.80. The molecule has 280 valence electrons. The average Bonchev–Trinajstić information content (AvgIpc) is 3.75. The molecule has 0 atom stereocenters. The van der Waals surface area contributed by atoms with Gasteiger partial charge in [0, 0.05) is 54.3 Å². The average molecular weight is 810 g/mol. The fourth-order valence-corrected chi connectivity index (χ4v) is 7.52. The summed E-state index contributed by atoms with van der Waals surface area (Å²) in [6, 6.07) is 65.2. The van der Waals surface area contributed by atoms with Gasteiger partial charge in [0.15, 0.2) is 0 Å². The van der Waals surface area contributed by atoms with Crippen molar-refractivity contribution >= 4 is 83.5 Å². The highest BCUT2D eigenvalue weighted by atomic mass is 79.9. The molecule has 8 aromatic carbocycles. The SMILES string of the molecule is C.Nc1ccccc1-c1ccc2c(c1)c1ccccc1n2-c1ccccc1.Nc1ccccc1Br.OB(O)c1ccc2c(c1)c1ccccc1n2-c1ccccc1. The lowest BCUT2D eigenvalue weighted by Crippen LogP contribution is -2.29. The molecule has 10 rings (SSSR count). The Balaban J connectivity index is 0.000000145. The van der Waals surface area contributed by atoms with Crippen molar-refractivity contribution in [1.29, 1.82) is 0 Å². The molecule has 0 saturated heterocycles. The first-order valence-corrected chi connectivity index (χ1v) is 19.1. The van der Waals surface area contributed by atoms with E-state index in [0.717, 1.165) is 54.5 Å². The molecule has 0 fully saturated rings. The van der Waals surface area contributed by atoms with Crippen molar-refractivity contribution in [3.8, 4) is 22.5 Å². The van der Waals surface area contributed by atoms with Crippen LogP contribution in [0.1, 0.15) is 7.43 Å².